The predicted octanol–water partition coefficient (Wildman–Crippen LogP) is 3.10. The molecule has 0 aliphatic carbocycles. The lowest BCUT2D eigenvalue weighted by Gasteiger charge is -2.18. The lowest BCUT2D eigenvalue weighted by molar-refractivity contribution is -0.143. The molecule has 2 atom stereocenters. The van der Waals surface area contributed by atoms with Gasteiger partial charge in [0.25, 0.3) is 0 Å². The Labute approximate surface area is 86.6 Å². The van der Waals surface area contributed by atoms with Crippen LogP contribution in [0.25, 0.3) is 0 Å². The Kier molecular flexibility index (Phi) is 6.81. The van der Waals surface area contributed by atoms with Crippen molar-refractivity contribution in [2.45, 2.75) is 39.2 Å². The van der Waals surface area contributed by atoms with E-state index in [9.17, 15) is 4.79 Å². The van der Waals surface area contributed by atoms with Crippen molar-refractivity contribution in [2.75, 3.05) is 0 Å². The van der Waals surface area contributed by atoms with Gasteiger partial charge in [-0.15, -0.1) is 6.58 Å². The number of carbonyl (C=O) groups excluding carboxylic acids is 1. The first kappa shape index (κ1) is 12.9. The highest BCUT2D eigenvalue weighted by atomic mass is 16.5. The van der Waals surface area contributed by atoms with Crippen molar-refractivity contribution in [1.29, 1.82) is 0 Å². The Morgan fingerprint density at radius 2 is 2.14 bits per heavy atom. The number of ether oxygens (including phenoxy) is 1. The minimum absolute atomic E-state index is 0.0482. The van der Waals surface area contributed by atoms with Crippen molar-refractivity contribution in [3.8, 4) is 0 Å². The number of rotatable bonds is 7. The fourth-order valence-corrected chi connectivity index (χ4v) is 1.21. The Morgan fingerprint density at radius 1 is 1.50 bits per heavy atom. The molecule has 0 heterocycles. The molecule has 0 radical (unpaired) electrons. The number of hydrogen-bond acceptors (Lipinski definition) is 2. The summed E-state index contributed by atoms with van der Waals surface area (Å²) in [6.07, 6.45) is 5.63. The van der Waals surface area contributed by atoms with Gasteiger partial charge < -0.3 is 4.74 Å². The van der Waals surface area contributed by atoms with Gasteiger partial charge in [0.2, 0.25) is 0 Å². The van der Waals surface area contributed by atoms with Gasteiger partial charge in [-0.1, -0.05) is 32.9 Å². The van der Waals surface area contributed by atoms with Gasteiger partial charge in [0.05, 0.1) is 0 Å². The molecule has 80 valence electrons. The van der Waals surface area contributed by atoms with E-state index in [-0.39, 0.29) is 12.1 Å². The molecule has 0 bridgehead atoms. The second kappa shape index (κ2) is 7.36. The second-order valence-corrected chi connectivity index (χ2v) is 3.54. The van der Waals surface area contributed by atoms with Crippen molar-refractivity contribution < 1.29 is 9.53 Å². The monoisotopic (exact) mass is 196 g/mol. The van der Waals surface area contributed by atoms with Crippen LogP contribution in [0.15, 0.2) is 25.3 Å². The molecule has 0 aliphatic heterocycles. The third-order valence-corrected chi connectivity index (χ3v) is 2.24. The summed E-state index contributed by atoms with van der Waals surface area (Å²) in [5.74, 6) is 0.220. The molecule has 0 fully saturated rings. The van der Waals surface area contributed by atoms with Crippen LogP contribution in [0.1, 0.15) is 33.1 Å². The zero-order valence-electron chi connectivity index (χ0n) is 9.16. The third-order valence-electron chi connectivity index (χ3n) is 2.24. The van der Waals surface area contributed by atoms with Gasteiger partial charge in [-0.3, -0.25) is 0 Å². The summed E-state index contributed by atoms with van der Waals surface area (Å²) in [5.41, 5.74) is 0. The average molecular weight is 196 g/mol. The lowest BCUT2D eigenvalue weighted by Crippen LogP contribution is -2.18. The fourth-order valence-electron chi connectivity index (χ4n) is 1.21. The molecule has 0 aliphatic rings. The molecular weight excluding hydrogens is 176 g/mol. The van der Waals surface area contributed by atoms with Crippen LogP contribution in [0.4, 0.5) is 0 Å². The Morgan fingerprint density at radius 3 is 2.57 bits per heavy atom. The average Bonchev–Trinajstić information content (AvgIpc) is 2.17. The minimum Gasteiger partial charge on any atom is -0.459 e. The summed E-state index contributed by atoms with van der Waals surface area (Å²) in [5, 5.41) is 0. The van der Waals surface area contributed by atoms with Crippen molar-refractivity contribution in [1.82, 2.24) is 0 Å². The molecule has 0 amide bonds. The SMILES string of the molecule is C=CC[C@@H](C[C@H](C)CC)OC(=O)C=C. The van der Waals surface area contributed by atoms with Crippen LogP contribution in [0.3, 0.4) is 0 Å². The summed E-state index contributed by atoms with van der Waals surface area (Å²) in [6.45, 7) is 11.3. The van der Waals surface area contributed by atoms with Crippen molar-refractivity contribution >= 4 is 5.97 Å². The van der Waals surface area contributed by atoms with E-state index >= 15 is 0 Å². The highest BCUT2D eigenvalue weighted by molar-refractivity contribution is 5.81. The first-order valence-electron chi connectivity index (χ1n) is 5.07. The van der Waals surface area contributed by atoms with Crippen molar-refractivity contribution in [3.63, 3.8) is 0 Å². The summed E-state index contributed by atoms with van der Waals surface area (Å²) < 4.78 is 5.18. The molecule has 0 saturated carbocycles. The summed E-state index contributed by atoms with van der Waals surface area (Å²) in [7, 11) is 0. The maximum Gasteiger partial charge on any atom is 0.330 e. The van der Waals surface area contributed by atoms with E-state index in [1.165, 1.54) is 6.08 Å². The van der Waals surface area contributed by atoms with Crippen LogP contribution < -0.4 is 0 Å². The van der Waals surface area contributed by atoms with Crippen molar-refractivity contribution in [3.05, 3.63) is 25.3 Å². The van der Waals surface area contributed by atoms with E-state index in [0.29, 0.717) is 12.3 Å². The van der Waals surface area contributed by atoms with E-state index in [4.69, 9.17) is 4.74 Å². The Balaban J connectivity index is 4.06. The van der Waals surface area contributed by atoms with Crippen molar-refractivity contribution in [2.24, 2.45) is 5.92 Å². The van der Waals surface area contributed by atoms with Crippen LogP contribution in [-0.2, 0) is 9.53 Å². The lowest BCUT2D eigenvalue weighted by atomic mass is 9.99. The fraction of sp³-hybridized carbons (Fsp3) is 0.583. The van der Waals surface area contributed by atoms with Crippen LogP contribution in [0.2, 0.25) is 0 Å². The zero-order valence-corrected chi connectivity index (χ0v) is 9.16. The normalized spacial score (nSPS) is 14.1. The van der Waals surface area contributed by atoms with Crippen LogP contribution in [-0.4, -0.2) is 12.1 Å². The number of carbonyl (C=O) groups is 1. The number of esters is 1. The van der Waals surface area contributed by atoms with Crippen LogP contribution >= 0.6 is 0 Å². The molecule has 0 saturated heterocycles. The molecule has 14 heavy (non-hydrogen) atoms. The van der Waals surface area contributed by atoms with Gasteiger partial charge >= 0.3 is 5.97 Å². The molecule has 0 rings (SSSR count). The Hall–Kier alpha value is -1.05. The maximum absolute atomic E-state index is 11.0. The summed E-state index contributed by atoms with van der Waals surface area (Å²) in [4.78, 5) is 11.0. The standard InChI is InChI=1S/C12H20O2/c1-5-8-11(9-10(4)6-2)14-12(13)7-3/h5,7,10-11H,1,3,6,8-9H2,2,4H3/t10-,11+/m1/s1. The minimum atomic E-state index is -0.347. The molecule has 0 unspecified atom stereocenters. The molecule has 0 spiro atoms. The quantitative estimate of drug-likeness (QED) is 0.355. The third kappa shape index (κ3) is 5.57. The molecule has 2 heteroatoms. The first-order valence-corrected chi connectivity index (χ1v) is 5.07. The molecule has 2 nitrogen and oxygen atoms in total. The van der Waals surface area contributed by atoms with E-state index < -0.39 is 0 Å². The van der Waals surface area contributed by atoms with E-state index in [2.05, 4.69) is 27.0 Å². The van der Waals surface area contributed by atoms with Gasteiger partial charge in [-0.25, -0.2) is 4.79 Å². The highest BCUT2D eigenvalue weighted by Gasteiger charge is 2.13. The first-order chi connectivity index (χ1) is 6.63. The molecule has 0 aromatic heterocycles. The van der Waals surface area contributed by atoms with Gasteiger partial charge in [-0.05, 0) is 12.3 Å². The summed E-state index contributed by atoms with van der Waals surface area (Å²) in [6, 6.07) is 0. The molecular formula is C12H20O2. The summed E-state index contributed by atoms with van der Waals surface area (Å²) >= 11 is 0. The largest absolute Gasteiger partial charge is 0.459 e. The molecule has 0 aromatic rings. The van der Waals surface area contributed by atoms with Crippen LogP contribution in [0.5, 0.6) is 0 Å². The van der Waals surface area contributed by atoms with Crippen LogP contribution in [0, 0.1) is 5.92 Å². The van der Waals surface area contributed by atoms with E-state index in [1.807, 2.05) is 0 Å². The van der Waals surface area contributed by atoms with Gasteiger partial charge in [0.1, 0.15) is 6.10 Å². The van der Waals surface area contributed by atoms with E-state index in [1.54, 1.807) is 6.08 Å². The number of hydrogen-bond donors (Lipinski definition) is 0. The Bertz CT molecular complexity index is 196. The smallest absolute Gasteiger partial charge is 0.330 e. The molecule has 0 N–H and O–H groups in total. The van der Waals surface area contributed by atoms with E-state index in [0.717, 1.165) is 12.8 Å². The van der Waals surface area contributed by atoms with Gasteiger partial charge in [0, 0.05) is 12.5 Å². The second-order valence-electron chi connectivity index (χ2n) is 3.54. The maximum atomic E-state index is 11.0. The zero-order chi connectivity index (χ0) is 11.0. The topological polar surface area (TPSA) is 26.3 Å². The van der Waals surface area contributed by atoms with Gasteiger partial charge in [0.15, 0.2) is 0 Å². The molecule has 0 aromatic carbocycles. The van der Waals surface area contributed by atoms with Gasteiger partial charge in [-0.2, -0.15) is 0 Å². The predicted molar refractivity (Wildman–Crippen MR) is 59.0 cm³/mol. The highest BCUT2D eigenvalue weighted by Crippen LogP contribution is 2.15.